The maximum absolute atomic E-state index is 12.2. The Morgan fingerprint density at radius 2 is 1.96 bits per heavy atom. The van der Waals surface area contributed by atoms with Crippen LogP contribution < -0.4 is 4.74 Å². The number of alkyl halides is 3. The molecule has 128 valence electrons. The Labute approximate surface area is 134 Å². The molecule has 0 N–H and O–H groups in total. The lowest BCUT2D eigenvalue weighted by Crippen LogP contribution is -2.31. The van der Waals surface area contributed by atoms with Crippen LogP contribution in [0.4, 0.5) is 13.2 Å². The number of benzene rings is 1. The molecule has 1 saturated heterocycles. The predicted octanol–water partition coefficient (Wildman–Crippen LogP) is 4.05. The molecule has 2 unspecified atom stereocenters. The Morgan fingerprint density at radius 3 is 2.57 bits per heavy atom. The highest BCUT2D eigenvalue weighted by Crippen LogP contribution is 2.52. The summed E-state index contributed by atoms with van der Waals surface area (Å²) in [5.74, 6) is 2.02. The van der Waals surface area contributed by atoms with Crippen LogP contribution >= 0.6 is 0 Å². The van der Waals surface area contributed by atoms with Gasteiger partial charge in [-0.3, -0.25) is 0 Å². The van der Waals surface area contributed by atoms with Crippen LogP contribution in [0.5, 0.6) is 5.75 Å². The highest BCUT2D eigenvalue weighted by molar-refractivity contribution is 5.30. The summed E-state index contributed by atoms with van der Waals surface area (Å²) >= 11 is 0. The summed E-state index contributed by atoms with van der Waals surface area (Å²) < 4.78 is 40.6. The Balaban J connectivity index is 1.42. The number of ether oxygens (including phenoxy) is 1. The molecule has 1 aliphatic carbocycles. The van der Waals surface area contributed by atoms with Crippen molar-refractivity contribution in [1.29, 1.82) is 0 Å². The van der Waals surface area contributed by atoms with E-state index in [1.54, 1.807) is 12.1 Å². The summed E-state index contributed by atoms with van der Waals surface area (Å²) in [7, 11) is 0. The van der Waals surface area contributed by atoms with E-state index in [-0.39, 0.29) is 5.75 Å². The first kappa shape index (κ1) is 16.6. The van der Waals surface area contributed by atoms with E-state index in [4.69, 9.17) is 0 Å². The molecule has 2 atom stereocenters. The second kappa shape index (κ2) is 6.32. The minimum absolute atomic E-state index is 0.180. The summed E-state index contributed by atoms with van der Waals surface area (Å²) in [6.07, 6.45) is -4.65. The predicted molar refractivity (Wildman–Crippen MR) is 82.2 cm³/mol. The molecule has 1 saturated carbocycles. The van der Waals surface area contributed by atoms with Gasteiger partial charge in [-0.25, -0.2) is 0 Å². The third kappa shape index (κ3) is 4.18. The zero-order valence-corrected chi connectivity index (χ0v) is 13.4. The second-order valence-corrected chi connectivity index (χ2v) is 6.80. The van der Waals surface area contributed by atoms with E-state index < -0.39 is 6.36 Å². The van der Waals surface area contributed by atoms with E-state index in [1.807, 2.05) is 0 Å². The summed E-state index contributed by atoms with van der Waals surface area (Å²) in [5.41, 5.74) is 0.751. The average Bonchev–Trinajstić information content (AvgIpc) is 2.90. The van der Waals surface area contributed by atoms with Gasteiger partial charge in [0.25, 0.3) is 0 Å². The fourth-order valence-electron chi connectivity index (χ4n) is 3.56. The number of halogens is 3. The smallest absolute Gasteiger partial charge is 0.573 e. The van der Waals surface area contributed by atoms with Gasteiger partial charge in [0.05, 0.1) is 0 Å². The van der Waals surface area contributed by atoms with E-state index in [2.05, 4.69) is 28.8 Å². The van der Waals surface area contributed by atoms with Crippen LogP contribution in [0.15, 0.2) is 24.3 Å². The van der Waals surface area contributed by atoms with Crippen molar-refractivity contribution in [2.45, 2.75) is 32.8 Å². The minimum Gasteiger partial charge on any atom is -0.658 e. The summed E-state index contributed by atoms with van der Waals surface area (Å²) in [6, 6.07) is 6.67. The highest BCUT2D eigenvalue weighted by Gasteiger charge is 2.53. The molecule has 0 spiro atoms. The van der Waals surface area contributed by atoms with Crippen LogP contribution in [-0.4, -0.2) is 36.9 Å². The number of rotatable bonds is 6. The summed E-state index contributed by atoms with van der Waals surface area (Å²) in [5, 5.41) is 4.54. The van der Waals surface area contributed by atoms with Crippen LogP contribution in [0.2, 0.25) is 0 Å². The van der Waals surface area contributed by atoms with Gasteiger partial charge in [0.15, 0.2) is 0 Å². The fourth-order valence-corrected chi connectivity index (χ4v) is 3.56. The molecule has 2 aliphatic rings. The maximum Gasteiger partial charge on any atom is 0.573 e. The zero-order chi connectivity index (χ0) is 16.6. The van der Waals surface area contributed by atoms with Crippen molar-refractivity contribution in [3.05, 3.63) is 35.1 Å². The lowest BCUT2D eigenvalue weighted by Gasteiger charge is -2.26. The first-order chi connectivity index (χ1) is 10.8. The molecule has 1 heterocycles. The quantitative estimate of drug-likeness (QED) is 0.788. The molecule has 0 aromatic heterocycles. The largest absolute Gasteiger partial charge is 0.658 e. The number of piperidine rings is 1. The molecule has 1 aromatic rings. The van der Waals surface area contributed by atoms with E-state index in [0.29, 0.717) is 18.5 Å². The molecule has 1 aliphatic heterocycles. The van der Waals surface area contributed by atoms with Gasteiger partial charge < -0.3 is 15.0 Å². The van der Waals surface area contributed by atoms with Crippen molar-refractivity contribution in [3.8, 4) is 5.75 Å². The van der Waals surface area contributed by atoms with Gasteiger partial charge in [-0.05, 0) is 37.8 Å². The van der Waals surface area contributed by atoms with Crippen LogP contribution in [0.3, 0.4) is 0 Å². The van der Waals surface area contributed by atoms with Crippen molar-refractivity contribution in [2.75, 3.05) is 19.6 Å². The minimum atomic E-state index is -4.65. The van der Waals surface area contributed by atoms with Gasteiger partial charge in [-0.2, -0.15) is 0 Å². The van der Waals surface area contributed by atoms with Gasteiger partial charge in [0.2, 0.25) is 0 Å². The standard InChI is InChI=1S/C17H22F3N2O/c1-11(2)22-9-15-14(16(15)10-22)8-21-7-12-4-3-5-13(6-12)23-17(18,19)20/h3-6,11,14-16H,7-10H2,1-2H3/q-1. The van der Waals surface area contributed by atoms with Crippen LogP contribution in [-0.2, 0) is 6.54 Å². The van der Waals surface area contributed by atoms with Gasteiger partial charge in [-0.15, -0.1) is 26.3 Å². The molecule has 0 bridgehead atoms. The third-order valence-corrected chi connectivity index (χ3v) is 4.90. The highest BCUT2D eigenvalue weighted by atomic mass is 19.4. The molecule has 3 rings (SSSR count). The molecule has 23 heavy (non-hydrogen) atoms. The molecule has 0 amide bonds. The first-order valence-electron chi connectivity index (χ1n) is 8.05. The van der Waals surface area contributed by atoms with E-state index >= 15 is 0 Å². The van der Waals surface area contributed by atoms with Gasteiger partial charge in [0, 0.05) is 19.1 Å². The van der Waals surface area contributed by atoms with Gasteiger partial charge >= 0.3 is 6.36 Å². The molecule has 0 radical (unpaired) electrons. The van der Waals surface area contributed by atoms with Crippen LogP contribution in [0.25, 0.3) is 5.32 Å². The number of nitrogens with zero attached hydrogens (tertiary/aromatic N) is 2. The first-order valence-corrected chi connectivity index (χ1v) is 8.05. The molecule has 6 heteroatoms. The molecule has 3 nitrogen and oxygen atoms in total. The third-order valence-electron chi connectivity index (χ3n) is 4.90. The SMILES string of the molecule is CC(C)N1CC2C(C[N-]Cc3cccc(OC(F)(F)F)c3)C2C1. The summed E-state index contributed by atoms with van der Waals surface area (Å²) in [6.45, 7) is 8.03. The lowest BCUT2D eigenvalue weighted by molar-refractivity contribution is -0.274. The van der Waals surface area contributed by atoms with E-state index in [1.165, 1.54) is 12.1 Å². The van der Waals surface area contributed by atoms with E-state index in [9.17, 15) is 13.2 Å². The Kier molecular flexibility index (Phi) is 4.56. The van der Waals surface area contributed by atoms with Gasteiger partial charge in [0.1, 0.15) is 5.75 Å². The second-order valence-electron chi connectivity index (χ2n) is 6.80. The van der Waals surface area contributed by atoms with Crippen molar-refractivity contribution < 1.29 is 17.9 Å². The fraction of sp³-hybridized carbons (Fsp3) is 0.647. The summed E-state index contributed by atoms with van der Waals surface area (Å²) in [4.78, 5) is 2.50. The Morgan fingerprint density at radius 1 is 1.26 bits per heavy atom. The maximum atomic E-state index is 12.2. The van der Waals surface area contributed by atoms with Crippen molar-refractivity contribution in [3.63, 3.8) is 0 Å². The number of hydrogen-bond donors (Lipinski definition) is 0. The average molecular weight is 327 g/mol. The van der Waals surface area contributed by atoms with Crippen molar-refractivity contribution in [1.82, 2.24) is 4.90 Å². The van der Waals surface area contributed by atoms with Crippen molar-refractivity contribution >= 4 is 0 Å². The Bertz CT molecular complexity index is 535. The zero-order valence-electron chi connectivity index (χ0n) is 13.4. The molecular formula is C17H22F3N2O-. The molecular weight excluding hydrogens is 305 g/mol. The monoisotopic (exact) mass is 327 g/mol. The molecule has 2 fully saturated rings. The number of likely N-dealkylation sites (tertiary alicyclic amines) is 1. The normalized spacial score (nSPS) is 27.3. The molecule has 1 aromatic carbocycles. The number of hydrogen-bond acceptors (Lipinski definition) is 2. The lowest BCUT2D eigenvalue weighted by atomic mass is 10.2. The van der Waals surface area contributed by atoms with E-state index in [0.717, 1.165) is 37.0 Å². The van der Waals surface area contributed by atoms with Crippen LogP contribution in [0, 0.1) is 17.8 Å². The Hall–Kier alpha value is -1.27. The van der Waals surface area contributed by atoms with Gasteiger partial charge in [-0.1, -0.05) is 23.6 Å². The topological polar surface area (TPSA) is 26.6 Å². The number of fused-ring (bicyclic) bond motifs is 1. The van der Waals surface area contributed by atoms with Crippen molar-refractivity contribution in [2.24, 2.45) is 17.8 Å². The van der Waals surface area contributed by atoms with Crippen LogP contribution in [0.1, 0.15) is 19.4 Å².